The summed E-state index contributed by atoms with van der Waals surface area (Å²) in [5.74, 6) is 2.12. The molecule has 3 aromatic rings. The van der Waals surface area contributed by atoms with Crippen molar-refractivity contribution in [2.45, 2.75) is 33.7 Å². The van der Waals surface area contributed by atoms with Gasteiger partial charge in [-0.05, 0) is 43.8 Å². The van der Waals surface area contributed by atoms with Crippen LogP contribution in [0.2, 0.25) is 0 Å². The Morgan fingerprint density at radius 1 is 1.10 bits per heavy atom. The maximum atomic E-state index is 5.75. The smallest absolute Gasteiger partial charge is 0.288 e. The summed E-state index contributed by atoms with van der Waals surface area (Å²) < 4.78 is 18.2. The summed E-state index contributed by atoms with van der Waals surface area (Å²) in [5.41, 5.74) is 2.12. The van der Waals surface area contributed by atoms with Gasteiger partial charge in [-0.15, -0.1) is 5.10 Å². The third kappa shape index (κ3) is 5.31. The van der Waals surface area contributed by atoms with Crippen molar-refractivity contribution in [3.63, 3.8) is 0 Å². The van der Waals surface area contributed by atoms with Crippen molar-refractivity contribution in [3.8, 4) is 5.75 Å². The molecule has 154 valence electrons. The second-order valence-electron chi connectivity index (χ2n) is 7.33. The second kappa shape index (κ2) is 8.89. The van der Waals surface area contributed by atoms with Gasteiger partial charge in [0.25, 0.3) is 10.7 Å². The molecule has 0 radical (unpaired) electrons. The quantitative estimate of drug-likeness (QED) is 0.545. The largest absolute Gasteiger partial charge is 0.484 e. The molecule has 0 aliphatic carbocycles. The zero-order valence-electron chi connectivity index (χ0n) is 16.7. The fraction of sp³-hybridized carbons (Fsp3) is 0.450. The van der Waals surface area contributed by atoms with E-state index in [-0.39, 0.29) is 6.61 Å². The van der Waals surface area contributed by atoms with Crippen molar-refractivity contribution in [2.24, 2.45) is 0 Å². The molecule has 1 aromatic carbocycles. The molecule has 0 unspecified atom stereocenters. The Bertz CT molecular complexity index is 1000. The maximum Gasteiger partial charge on any atom is 0.288 e. The minimum Gasteiger partial charge on any atom is -0.484 e. The van der Waals surface area contributed by atoms with E-state index < -0.39 is 0 Å². The van der Waals surface area contributed by atoms with Gasteiger partial charge < -0.3 is 13.7 Å². The van der Waals surface area contributed by atoms with Gasteiger partial charge in [0.05, 0.1) is 12.4 Å². The number of benzene rings is 1. The van der Waals surface area contributed by atoms with E-state index in [2.05, 4.69) is 20.1 Å². The van der Waals surface area contributed by atoms with Gasteiger partial charge in [0, 0.05) is 38.8 Å². The molecule has 4 rings (SSSR count). The Labute approximate surface area is 174 Å². The molecule has 0 saturated carbocycles. The lowest BCUT2D eigenvalue weighted by atomic mass is 10.2. The van der Waals surface area contributed by atoms with Crippen molar-refractivity contribution in [2.75, 3.05) is 26.2 Å². The molecule has 3 heterocycles. The Morgan fingerprint density at radius 2 is 1.90 bits per heavy atom. The lowest BCUT2D eigenvalue weighted by molar-refractivity contribution is 0.0958. The molecule has 9 heteroatoms. The topological polar surface area (TPSA) is 72.7 Å². The third-order valence-corrected chi connectivity index (χ3v) is 5.16. The third-order valence-electron chi connectivity index (χ3n) is 4.86. The fourth-order valence-electron chi connectivity index (χ4n) is 3.35. The first kappa shape index (κ1) is 19.8. The van der Waals surface area contributed by atoms with Gasteiger partial charge in [-0.25, -0.2) is 4.68 Å². The van der Waals surface area contributed by atoms with Crippen LogP contribution in [0, 0.1) is 18.7 Å². The number of piperazine rings is 1. The molecule has 0 bridgehead atoms. The Kier molecular flexibility index (Phi) is 6.08. The van der Waals surface area contributed by atoms with Crippen LogP contribution in [0.15, 0.2) is 39.3 Å². The summed E-state index contributed by atoms with van der Waals surface area (Å²) >= 11 is 5.33. The molecule has 1 saturated heterocycles. The van der Waals surface area contributed by atoms with E-state index in [1.165, 1.54) is 0 Å². The molecule has 29 heavy (non-hydrogen) atoms. The van der Waals surface area contributed by atoms with Crippen molar-refractivity contribution < 1.29 is 13.7 Å². The SMILES string of the molecule is Cc1cccc(OCc2nn(CN3CCN(Cc4cc(C)on4)CC3)c(=S)o2)c1. The summed E-state index contributed by atoms with van der Waals surface area (Å²) in [7, 11) is 0. The molecule has 1 aliphatic rings. The molecule has 0 amide bonds. The highest BCUT2D eigenvalue weighted by atomic mass is 32.1. The highest BCUT2D eigenvalue weighted by Crippen LogP contribution is 2.15. The van der Waals surface area contributed by atoms with E-state index >= 15 is 0 Å². The first-order valence-electron chi connectivity index (χ1n) is 9.68. The minimum atomic E-state index is 0.255. The first-order chi connectivity index (χ1) is 14.0. The summed E-state index contributed by atoms with van der Waals surface area (Å²) in [6.45, 7) is 9.40. The van der Waals surface area contributed by atoms with Crippen LogP contribution >= 0.6 is 12.2 Å². The molecule has 2 aromatic heterocycles. The number of aryl methyl sites for hydroxylation is 2. The van der Waals surface area contributed by atoms with E-state index in [1.54, 1.807) is 4.68 Å². The summed E-state index contributed by atoms with van der Waals surface area (Å²) in [5, 5.41) is 8.55. The predicted octanol–water partition coefficient (Wildman–Crippen LogP) is 3.16. The van der Waals surface area contributed by atoms with E-state index in [0.29, 0.717) is 17.4 Å². The number of ether oxygens (including phenoxy) is 1. The molecular weight excluding hydrogens is 390 g/mol. The monoisotopic (exact) mass is 415 g/mol. The van der Waals surface area contributed by atoms with E-state index in [1.807, 2.05) is 44.2 Å². The van der Waals surface area contributed by atoms with Crippen LogP contribution in [0.1, 0.15) is 22.9 Å². The minimum absolute atomic E-state index is 0.255. The van der Waals surface area contributed by atoms with Gasteiger partial charge in [-0.1, -0.05) is 17.3 Å². The standard InChI is InChI=1S/C20H25N5O3S/c1-15-4-3-5-18(10-15)26-13-19-21-25(20(29)27-19)14-24-8-6-23(7-9-24)12-17-11-16(2)28-22-17/h3-5,10-11H,6-9,12-14H2,1-2H3. The van der Waals surface area contributed by atoms with Gasteiger partial charge in [0.15, 0.2) is 6.61 Å². The van der Waals surface area contributed by atoms with E-state index in [0.717, 1.165) is 55.5 Å². The van der Waals surface area contributed by atoms with Crippen LogP contribution in [0.5, 0.6) is 5.75 Å². The van der Waals surface area contributed by atoms with E-state index in [4.69, 9.17) is 25.9 Å². The van der Waals surface area contributed by atoms with Crippen LogP contribution in [-0.4, -0.2) is 50.9 Å². The molecule has 0 spiro atoms. The molecule has 0 N–H and O–H groups in total. The number of rotatable bonds is 7. The highest BCUT2D eigenvalue weighted by Gasteiger charge is 2.19. The van der Waals surface area contributed by atoms with Crippen molar-refractivity contribution >= 4 is 12.2 Å². The number of nitrogens with zero attached hydrogens (tertiary/aromatic N) is 5. The van der Waals surface area contributed by atoms with Crippen molar-refractivity contribution in [1.82, 2.24) is 24.7 Å². The number of hydrogen-bond donors (Lipinski definition) is 0. The average Bonchev–Trinajstić information content (AvgIpc) is 3.27. The number of aromatic nitrogens is 3. The maximum absolute atomic E-state index is 5.75. The van der Waals surface area contributed by atoms with Gasteiger partial charge in [-0.2, -0.15) is 0 Å². The van der Waals surface area contributed by atoms with Crippen LogP contribution in [-0.2, 0) is 19.8 Å². The van der Waals surface area contributed by atoms with Crippen LogP contribution < -0.4 is 4.74 Å². The summed E-state index contributed by atoms with van der Waals surface area (Å²) in [6.07, 6.45) is 0. The van der Waals surface area contributed by atoms with Gasteiger partial charge in [-0.3, -0.25) is 9.80 Å². The summed E-state index contributed by atoms with van der Waals surface area (Å²) in [4.78, 5) is 5.05. The predicted molar refractivity (Wildman–Crippen MR) is 109 cm³/mol. The first-order valence-corrected chi connectivity index (χ1v) is 10.1. The Morgan fingerprint density at radius 3 is 2.62 bits per heavy atom. The molecule has 0 atom stereocenters. The average molecular weight is 416 g/mol. The molecule has 8 nitrogen and oxygen atoms in total. The lowest BCUT2D eigenvalue weighted by Crippen LogP contribution is -2.46. The summed E-state index contributed by atoms with van der Waals surface area (Å²) in [6, 6.07) is 9.87. The second-order valence-corrected chi connectivity index (χ2v) is 7.68. The van der Waals surface area contributed by atoms with Crippen LogP contribution in [0.3, 0.4) is 0 Å². The van der Waals surface area contributed by atoms with Crippen molar-refractivity contribution in [3.05, 3.63) is 58.1 Å². The lowest BCUT2D eigenvalue weighted by Gasteiger charge is -2.33. The number of hydrogen-bond acceptors (Lipinski definition) is 8. The van der Waals surface area contributed by atoms with Gasteiger partial charge in [0.2, 0.25) is 0 Å². The zero-order chi connectivity index (χ0) is 20.2. The van der Waals surface area contributed by atoms with Gasteiger partial charge >= 0.3 is 0 Å². The van der Waals surface area contributed by atoms with Gasteiger partial charge in [0.1, 0.15) is 11.5 Å². The van der Waals surface area contributed by atoms with Crippen molar-refractivity contribution in [1.29, 1.82) is 0 Å². The molecular formula is C20H25N5O3S. The molecule has 1 aliphatic heterocycles. The Hall–Kier alpha value is -2.49. The van der Waals surface area contributed by atoms with Crippen LogP contribution in [0.4, 0.5) is 0 Å². The molecule has 1 fully saturated rings. The van der Waals surface area contributed by atoms with E-state index in [9.17, 15) is 0 Å². The zero-order valence-corrected chi connectivity index (χ0v) is 17.5. The Balaban J connectivity index is 1.27. The normalized spacial score (nSPS) is 15.7. The van der Waals surface area contributed by atoms with Crippen LogP contribution in [0.25, 0.3) is 0 Å². The highest BCUT2D eigenvalue weighted by molar-refractivity contribution is 7.71. The fourth-order valence-corrected chi connectivity index (χ4v) is 3.54.